The summed E-state index contributed by atoms with van der Waals surface area (Å²) in [4.78, 5) is 41.8. The number of amides is 2. The molecule has 0 spiro atoms. The second kappa shape index (κ2) is 26.4. The SMILES string of the molecule is CCCCCCCCCCCCCCCCCC(=O)OCc1ccc(C(=O)NS(=O)(=O)c2ccc(CCNC(=O)c3ccc(OCC)c(OCC)c3)cc2)cn1. The number of pyridine rings is 1. The topological polar surface area (TPSA) is 150 Å². The molecule has 2 aromatic carbocycles. The molecule has 2 N–H and O–H groups in total. The van der Waals surface area contributed by atoms with Crippen molar-refractivity contribution in [2.45, 2.75) is 141 Å². The van der Waals surface area contributed by atoms with Crippen molar-refractivity contribution in [2.24, 2.45) is 0 Å². The molecular formula is C44H63N3O8S. The number of aromatic nitrogens is 1. The van der Waals surface area contributed by atoms with E-state index >= 15 is 0 Å². The highest BCUT2D eigenvalue weighted by Crippen LogP contribution is 2.28. The van der Waals surface area contributed by atoms with Crippen molar-refractivity contribution < 1.29 is 37.0 Å². The van der Waals surface area contributed by atoms with E-state index in [0.717, 1.165) is 24.8 Å². The molecule has 0 saturated carbocycles. The van der Waals surface area contributed by atoms with Gasteiger partial charge in [-0.2, -0.15) is 0 Å². The van der Waals surface area contributed by atoms with E-state index in [1.807, 2.05) is 13.8 Å². The van der Waals surface area contributed by atoms with Crippen LogP contribution in [0, 0.1) is 0 Å². The van der Waals surface area contributed by atoms with E-state index in [1.165, 1.54) is 108 Å². The van der Waals surface area contributed by atoms with Crippen molar-refractivity contribution in [3.63, 3.8) is 0 Å². The van der Waals surface area contributed by atoms with Gasteiger partial charge >= 0.3 is 5.97 Å². The number of nitrogens with one attached hydrogen (secondary N) is 2. The average molecular weight is 794 g/mol. The molecule has 56 heavy (non-hydrogen) atoms. The number of hydrogen-bond donors (Lipinski definition) is 2. The molecule has 1 heterocycles. The number of sulfonamides is 1. The minimum absolute atomic E-state index is 0.0236. The zero-order valence-electron chi connectivity index (χ0n) is 33.7. The molecule has 0 saturated heterocycles. The van der Waals surface area contributed by atoms with Crippen molar-refractivity contribution in [3.8, 4) is 11.5 Å². The third kappa shape index (κ3) is 17.6. The van der Waals surface area contributed by atoms with Gasteiger partial charge in [0.2, 0.25) is 0 Å². The van der Waals surface area contributed by atoms with Crippen LogP contribution in [0.25, 0.3) is 0 Å². The summed E-state index contributed by atoms with van der Waals surface area (Å²) in [5.41, 5.74) is 1.74. The van der Waals surface area contributed by atoms with Crippen LogP contribution in [0.2, 0.25) is 0 Å². The minimum atomic E-state index is -4.16. The normalized spacial score (nSPS) is 11.2. The number of nitrogens with zero attached hydrogens (tertiary/aromatic N) is 1. The van der Waals surface area contributed by atoms with Gasteiger partial charge in [-0.25, -0.2) is 13.1 Å². The van der Waals surface area contributed by atoms with Gasteiger partial charge in [-0.15, -0.1) is 0 Å². The van der Waals surface area contributed by atoms with Crippen LogP contribution in [0.4, 0.5) is 0 Å². The monoisotopic (exact) mass is 793 g/mol. The molecule has 1 aromatic heterocycles. The highest BCUT2D eigenvalue weighted by atomic mass is 32.2. The number of carbonyl (C=O) groups is 3. The van der Waals surface area contributed by atoms with E-state index in [-0.39, 0.29) is 28.9 Å². The molecule has 12 heteroatoms. The van der Waals surface area contributed by atoms with E-state index < -0.39 is 15.9 Å². The lowest BCUT2D eigenvalue weighted by Gasteiger charge is -2.12. The van der Waals surface area contributed by atoms with Crippen LogP contribution < -0.4 is 19.5 Å². The number of esters is 1. The largest absolute Gasteiger partial charge is 0.490 e. The Balaban J connectivity index is 1.30. The summed E-state index contributed by atoms with van der Waals surface area (Å²) in [5, 5.41) is 2.86. The lowest BCUT2D eigenvalue weighted by molar-refractivity contribution is -0.145. The zero-order chi connectivity index (χ0) is 40.4. The first-order valence-electron chi connectivity index (χ1n) is 20.6. The lowest BCUT2D eigenvalue weighted by atomic mass is 10.0. The fourth-order valence-electron chi connectivity index (χ4n) is 6.20. The predicted molar refractivity (Wildman–Crippen MR) is 219 cm³/mol. The molecule has 0 aliphatic heterocycles. The number of ether oxygens (including phenoxy) is 3. The second-order valence-corrected chi connectivity index (χ2v) is 15.7. The van der Waals surface area contributed by atoms with Crippen molar-refractivity contribution in [1.82, 2.24) is 15.0 Å². The molecule has 0 radical (unpaired) electrons. The minimum Gasteiger partial charge on any atom is -0.490 e. The lowest BCUT2D eigenvalue weighted by Crippen LogP contribution is -2.30. The standard InChI is InChI=1S/C44H63N3O8S/c1-4-7-8-9-10-11-12-13-14-15-16-17-18-19-20-21-42(48)55-34-38-26-24-37(33-46-38)44(50)47-56(51,52)39-27-22-35(23-28-39)30-31-45-43(49)36-25-29-40(53-5-2)41(32-36)54-6-3/h22-29,32-33H,4-21,30-31,34H2,1-3H3,(H,45,49)(H,47,50). The molecule has 0 fully saturated rings. The molecular weight excluding hydrogens is 731 g/mol. The van der Waals surface area contributed by atoms with Gasteiger partial charge < -0.3 is 19.5 Å². The van der Waals surface area contributed by atoms with Crippen LogP contribution in [-0.4, -0.2) is 50.9 Å². The Bertz CT molecular complexity index is 1710. The first-order valence-corrected chi connectivity index (χ1v) is 22.1. The Kier molecular flexibility index (Phi) is 21.7. The first kappa shape index (κ1) is 45.9. The van der Waals surface area contributed by atoms with Crippen LogP contribution >= 0.6 is 0 Å². The summed E-state index contributed by atoms with van der Waals surface area (Å²) in [6.45, 7) is 7.19. The third-order valence-electron chi connectivity index (χ3n) is 9.42. The molecule has 3 rings (SSSR count). The van der Waals surface area contributed by atoms with Crippen LogP contribution in [0.1, 0.15) is 155 Å². The van der Waals surface area contributed by atoms with Crippen molar-refractivity contribution in [2.75, 3.05) is 19.8 Å². The molecule has 308 valence electrons. The second-order valence-electron chi connectivity index (χ2n) is 14.0. The molecule has 0 atom stereocenters. The maximum atomic E-state index is 12.9. The van der Waals surface area contributed by atoms with Gasteiger partial charge in [0, 0.05) is 24.7 Å². The highest BCUT2D eigenvalue weighted by molar-refractivity contribution is 7.90. The first-order chi connectivity index (χ1) is 27.2. The van der Waals surface area contributed by atoms with Crippen molar-refractivity contribution in [3.05, 3.63) is 83.2 Å². The van der Waals surface area contributed by atoms with Crippen LogP contribution in [-0.2, 0) is 32.6 Å². The quantitative estimate of drug-likeness (QED) is 0.0518. The molecule has 11 nitrogen and oxygen atoms in total. The van der Waals surface area contributed by atoms with Crippen molar-refractivity contribution >= 4 is 27.8 Å². The third-order valence-corrected chi connectivity index (χ3v) is 10.8. The maximum absolute atomic E-state index is 12.9. The number of carbonyl (C=O) groups excluding carboxylic acids is 3. The highest BCUT2D eigenvalue weighted by Gasteiger charge is 2.19. The molecule has 0 aliphatic carbocycles. The fourth-order valence-corrected chi connectivity index (χ4v) is 7.18. The van der Waals surface area contributed by atoms with Gasteiger partial charge in [0.15, 0.2) is 11.5 Å². The average Bonchev–Trinajstić information content (AvgIpc) is 3.19. The van der Waals surface area contributed by atoms with E-state index in [4.69, 9.17) is 14.2 Å². The van der Waals surface area contributed by atoms with Crippen molar-refractivity contribution in [1.29, 1.82) is 0 Å². The fraction of sp³-hybridized carbons (Fsp3) is 0.545. The Morgan fingerprint density at radius 1 is 0.643 bits per heavy atom. The Labute approximate surface area is 334 Å². The predicted octanol–water partition coefficient (Wildman–Crippen LogP) is 9.27. The molecule has 0 bridgehead atoms. The van der Waals surface area contributed by atoms with Gasteiger partial charge in [-0.05, 0) is 74.7 Å². The molecule has 0 unspecified atom stereocenters. The van der Waals surface area contributed by atoms with Gasteiger partial charge in [0.1, 0.15) is 6.61 Å². The van der Waals surface area contributed by atoms with E-state index in [2.05, 4.69) is 21.9 Å². The molecule has 3 aromatic rings. The zero-order valence-corrected chi connectivity index (χ0v) is 34.6. The maximum Gasteiger partial charge on any atom is 0.306 e. The Morgan fingerprint density at radius 2 is 1.21 bits per heavy atom. The summed E-state index contributed by atoms with van der Waals surface area (Å²) >= 11 is 0. The summed E-state index contributed by atoms with van der Waals surface area (Å²) in [5.74, 6) is -0.322. The van der Waals surface area contributed by atoms with Gasteiger partial charge in [0.05, 0.1) is 29.4 Å². The van der Waals surface area contributed by atoms with Crippen LogP contribution in [0.15, 0.2) is 65.7 Å². The number of rotatable bonds is 29. The van der Waals surface area contributed by atoms with E-state index in [1.54, 1.807) is 30.3 Å². The Hall–Kier alpha value is -4.45. The van der Waals surface area contributed by atoms with E-state index in [9.17, 15) is 22.8 Å². The van der Waals surface area contributed by atoms with Gasteiger partial charge in [0.25, 0.3) is 21.8 Å². The smallest absolute Gasteiger partial charge is 0.306 e. The van der Waals surface area contributed by atoms with Gasteiger partial charge in [-0.1, -0.05) is 109 Å². The summed E-state index contributed by atoms with van der Waals surface area (Å²) < 4.78 is 44.4. The van der Waals surface area contributed by atoms with Crippen LogP contribution in [0.3, 0.4) is 0 Å². The van der Waals surface area contributed by atoms with Gasteiger partial charge in [-0.3, -0.25) is 19.4 Å². The summed E-state index contributed by atoms with van der Waals surface area (Å²) in [7, 11) is -4.16. The Morgan fingerprint density at radius 3 is 1.79 bits per heavy atom. The van der Waals surface area contributed by atoms with E-state index in [0.29, 0.717) is 55.4 Å². The number of benzene rings is 2. The number of unbranched alkanes of at least 4 members (excludes halogenated alkanes) is 14. The summed E-state index contributed by atoms with van der Waals surface area (Å²) in [6, 6.07) is 14.1. The molecule has 2 amide bonds. The van der Waals surface area contributed by atoms with Crippen LogP contribution in [0.5, 0.6) is 11.5 Å². The number of hydrogen-bond acceptors (Lipinski definition) is 9. The summed E-state index contributed by atoms with van der Waals surface area (Å²) in [6.07, 6.45) is 21.0. The molecule has 0 aliphatic rings.